The molecule has 0 bridgehead atoms. The molecule has 2 heterocycles. The third-order valence-corrected chi connectivity index (χ3v) is 4.32. The highest BCUT2D eigenvalue weighted by atomic mass is 16.5. The molecule has 0 atom stereocenters. The molecule has 0 aliphatic carbocycles. The number of rotatable bonds is 8. The topological polar surface area (TPSA) is 94.0 Å². The summed E-state index contributed by atoms with van der Waals surface area (Å²) >= 11 is 0. The number of amides is 1. The molecule has 0 saturated carbocycles. The lowest BCUT2D eigenvalue weighted by molar-refractivity contribution is -0.116. The Morgan fingerprint density at radius 3 is 2.53 bits per heavy atom. The lowest BCUT2D eigenvalue weighted by atomic mass is 10.2. The standard InChI is InChI=1S/C22H26N6O2/c1-15-13-16(2)28(27-15)21-14-20(25-17(3)26-21)23-11-12-24-22(29)10-7-18-5-8-19(30-4)9-6-18/h5-10,13-14H,11-12H2,1-4H3,(H,24,29)(H,23,25,26)/b10-7+. The highest BCUT2D eigenvalue weighted by Gasteiger charge is 2.08. The number of aromatic nitrogens is 4. The van der Waals surface area contributed by atoms with Crippen LogP contribution in [0.1, 0.15) is 22.8 Å². The number of carbonyl (C=O) groups excluding carboxylic acids is 1. The van der Waals surface area contributed by atoms with Crippen molar-refractivity contribution < 1.29 is 9.53 Å². The third kappa shape index (κ3) is 5.66. The average Bonchev–Trinajstić information content (AvgIpc) is 3.07. The van der Waals surface area contributed by atoms with Crippen LogP contribution in [0.2, 0.25) is 0 Å². The molecule has 2 aromatic heterocycles. The van der Waals surface area contributed by atoms with Gasteiger partial charge < -0.3 is 15.4 Å². The Labute approximate surface area is 176 Å². The van der Waals surface area contributed by atoms with Gasteiger partial charge in [0.15, 0.2) is 5.82 Å². The molecule has 1 aromatic carbocycles. The van der Waals surface area contributed by atoms with Crippen molar-refractivity contribution in [2.45, 2.75) is 20.8 Å². The first-order valence-electron chi connectivity index (χ1n) is 9.68. The van der Waals surface area contributed by atoms with Gasteiger partial charge >= 0.3 is 0 Å². The monoisotopic (exact) mass is 406 g/mol. The number of anilines is 1. The molecule has 3 rings (SSSR count). The van der Waals surface area contributed by atoms with E-state index < -0.39 is 0 Å². The highest BCUT2D eigenvalue weighted by Crippen LogP contribution is 2.14. The number of methoxy groups -OCH3 is 1. The van der Waals surface area contributed by atoms with Crippen molar-refractivity contribution in [3.8, 4) is 11.6 Å². The first kappa shape index (κ1) is 21.0. The van der Waals surface area contributed by atoms with Gasteiger partial charge in [-0.3, -0.25) is 4.79 Å². The smallest absolute Gasteiger partial charge is 0.244 e. The quantitative estimate of drug-likeness (QED) is 0.441. The summed E-state index contributed by atoms with van der Waals surface area (Å²) in [5.74, 6) is 2.67. The van der Waals surface area contributed by atoms with E-state index in [4.69, 9.17) is 4.74 Å². The summed E-state index contributed by atoms with van der Waals surface area (Å²) < 4.78 is 6.91. The normalized spacial score (nSPS) is 10.9. The number of aryl methyl sites for hydroxylation is 3. The first-order valence-corrected chi connectivity index (χ1v) is 9.68. The first-order chi connectivity index (χ1) is 14.4. The number of benzene rings is 1. The SMILES string of the molecule is COc1ccc(/C=C/C(=O)NCCNc2cc(-n3nc(C)cc3C)nc(C)n2)cc1. The van der Waals surface area contributed by atoms with Gasteiger partial charge in [0, 0.05) is 30.9 Å². The fourth-order valence-corrected chi connectivity index (χ4v) is 2.93. The summed E-state index contributed by atoms with van der Waals surface area (Å²) in [6.07, 6.45) is 3.27. The van der Waals surface area contributed by atoms with Crippen LogP contribution in [-0.4, -0.2) is 45.9 Å². The molecule has 0 radical (unpaired) electrons. The van der Waals surface area contributed by atoms with Crippen molar-refractivity contribution in [3.63, 3.8) is 0 Å². The molecule has 0 saturated heterocycles. The summed E-state index contributed by atoms with van der Waals surface area (Å²) in [4.78, 5) is 20.9. The Morgan fingerprint density at radius 2 is 1.87 bits per heavy atom. The van der Waals surface area contributed by atoms with Crippen molar-refractivity contribution in [2.75, 3.05) is 25.5 Å². The predicted molar refractivity (Wildman–Crippen MR) is 117 cm³/mol. The van der Waals surface area contributed by atoms with E-state index in [0.717, 1.165) is 22.7 Å². The van der Waals surface area contributed by atoms with Crippen molar-refractivity contribution in [1.82, 2.24) is 25.1 Å². The summed E-state index contributed by atoms with van der Waals surface area (Å²) in [5.41, 5.74) is 2.87. The molecule has 1 amide bonds. The van der Waals surface area contributed by atoms with Crippen LogP contribution in [0.5, 0.6) is 5.75 Å². The zero-order chi connectivity index (χ0) is 21.5. The Hall–Kier alpha value is -3.68. The van der Waals surface area contributed by atoms with Crippen LogP contribution in [0, 0.1) is 20.8 Å². The minimum atomic E-state index is -0.158. The number of nitrogens with one attached hydrogen (secondary N) is 2. The maximum absolute atomic E-state index is 12.0. The number of nitrogens with zero attached hydrogens (tertiary/aromatic N) is 4. The van der Waals surface area contributed by atoms with Crippen molar-refractivity contribution in [3.05, 3.63) is 65.2 Å². The molecule has 3 aromatic rings. The minimum Gasteiger partial charge on any atom is -0.497 e. The minimum absolute atomic E-state index is 0.158. The molecule has 0 aliphatic rings. The lowest BCUT2D eigenvalue weighted by Gasteiger charge is -2.10. The van der Waals surface area contributed by atoms with Crippen LogP contribution in [-0.2, 0) is 4.79 Å². The molecule has 156 valence electrons. The van der Waals surface area contributed by atoms with E-state index in [0.29, 0.717) is 30.5 Å². The van der Waals surface area contributed by atoms with E-state index in [9.17, 15) is 4.79 Å². The maximum Gasteiger partial charge on any atom is 0.244 e. The van der Waals surface area contributed by atoms with E-state index >= 15 is 0 Å². The average molecular weight is 406 g/mol. The molecular weight excluding hydrogens is 380 g/mol. The number of ether oxygens (including phenoxy) is 1. The molecule has 0 spiro atoms. The highest BCUT2D eigenvalue weighted by molar-refractivity contribution is 5.91. The van der Waals surface area contributed by atoms with Crippen LogP contribution < -0.4 is 15.4 Å². The second kappa shape index (κ2) is 9.69. The molecule has 0 unspecified atom stereocenters. The van der Waals surface area contributed by atoms with Gasteiger partial charge in [-0.05, 0) is 50.6 Å². The Balaban J connectivity index is 1.50. The van der Waals surface area contributed by atoms with E-state index in [2.05, 4.69) is 25.7 Å². The van der Waals surface area contributed by atoms with E-state index in [-0.39, 0.29) is 5.91 Å². The van der Waals surface area contributed by atoms with Gasteiger partial charge in [-0.25, -0.2) is 14.6 Å². The maximum atomic E-state index is 12.0. The molecule has 2 N–H and O–H groups in total. The summed E-state index contributed by atoms with van der Waals surface area (Å²) in [6.45, 7) is 6.77. The van der Waals surface area contributed by atoms with E-state index in [1.165, 1.54) is 6.08 Å². The van der Waals surface area contributed by atoms with Crippen LogP contribution in [0.4, 0.5) is 5.82 Å². The molecular formula is C22H26N6O2. The molecule has 0 aliphatic heterocycles. The van der Waals surface area contributed by atoms with Gasteiger partial charge in [-0.2, -0.15) is 5.10 Å². The summed E-state index contributed by atoms with van der Waals surface area (Å²) in [7, 11) is 1.62. The van der Waals surface area contributed by atoms with Gasteiger partial charge in [0.2, 0.25) is 5.91 Å². The van der Waals surface area contributed by atoms with Crippen molar-refractivity contribution >= 4 is 17.8 Å². The molecule has 8 nitrogen and oxygen atoms in total. The van der Waals surface area contributed by atoms with Gasteiger partial charge in [-0.15, -0.1) is 0 Å². The Bertz CT molecular complexity index is 1040. The lowest BCUT2D eigenvalue weighted by Crippen LogP contribution is -2.27. The Morgan fingerprint density at radius 1 is 1.10 bits per heavy atom. The summed E-state index contributed by atoms with van der Waals surface area (Å²) in [5, 5.41) is 10.5. The Kier molecular flexibility index (Phi) is 6.79. The van der Waals surface area contributed by atoms with Crippen LogP contribution >= 0.6 is 0 Å². The zero-order valence-corrected chi connectivity index (χ0v) is 17.6. The van der Waals surface area contributed by atoms with Crippen LogP contribution in [0.25, 0.3) is 11.9 Å². The largest absolute Gasteiger partial charge is 0.497 e. The number of carbonyl (C=O) groups is 1. The van der Waals surface area contributed by atoms with E-state index in [1.54, 1.807) is 17.9 Å². The fourth-order valence-electron chi connectivity index (χ4n) is 2.93. The summed E-state index contributed by atoms with van der Waals surface area (Å²) in [6, 6.07) is 11.3. The fraction of sp³-hybridized carbons (Fsp3) is 0.273. The number of hydrogen-bond acceptors (Lipinski definition) is 6. The predicted octanol–water partition coefficient (Wildman–Crippen LogP) is 2.84. The molecule has 8 heteroatoms. The van der Waals surface area contributed by atoms with Gasteiger partial charge in [0.1, 0.15) is 17.4 Å². The van der Waals surface area contributed by atoms with Crippen LogP contribution in [0.15, 0.2) is 42.5 Å². The second-order valence-corrected chi connectivity index (χ2v) is 6.82. The second-order valence-electron chi connectivity index (χ2n) is 6.82. The third-order valence-electron chi connectivity index (χ3n) is 4.32. The number of hydrogen-bond donors (Lipinski definition) is 2. The van der Waals surface area contributed by atoms with Gasteiger partial charge in [0.25, 0.3) is 0 Å². The van der Waals surface area contributed by atoms with Gasteiger partial charge in [-0.1, -0.05) is 12.1 Å². The van der Waals surface area contributed by atoms with Gasteiger partial charge in [0.05, 0.1) is 12.8 Å². The van der Waals surface area contributed by atoms with E-state index in [1.807, 2.05) is 57.2 Å². The van der Waals surface area contributed by atoms with Crippen molar-refractivity contribution in [2.24, 2.45) is 0 Å². The van der Waals surface area contributed by atoms with Crippen molar-refractivity contribution in [1.29, 1.82) is 0 Å². The van der Waals surface area contributed by atoms with Crippen LogP contribution in [0.3, 0.4) is 0 Å². The molecule has 30 heavy (non-hydrogen) atoms. The zero-order valence-electron chi connectivity index (χ0n) is 17.6. The molecule has 0 fully saturated rings.